The molecule has 0 bridgehead atoms. The van der Waals surface area contributed by atoms with Gasteiger partial charge in [0.25, 0.3) is 0 Å². The topological polar surface area (TPSA) is 50.8 Å². The molecule has 3 rings (SSSR count). The van der Waals surface area contributed by atoms with Crippen LogP contribution in [0.1, 0.15) is 10.4 Å². The molecular formula is C20H22N2O3. The average molecular weight is 338 g/mol. The normalized spacial score (nSPS) is 14.5. The van der Waals surface area contributed by atoms with Gasteiger partial charge in [-0.25, -0.2) is 0 Å². The van der Waals surface area contributed by atoms with E-state index in [4.69, 9.17) is 9.47 Å². The number of rotatable bonds is 6. The predicted molar refractivity (Wildman–Crippen MR) is 99.6 cm³/mol. The summed E-state index contributed by atoms with van der Waals surface area (Å²) >= 11 is 0. The van der Waals surface area contributed by atoms with Gasteiger partial charge in [-0.3, -0.25) is 4.79 Å². The minimum absolute atomic E-state index is 0.0555. The second kappa shape index (κ2) is 8.35. The van der Waals surface area contributed by atoms with Gasteiger partial charge < -0.3 is 19.7 Å². The van der Waals surface area contributed by atoms with E-state index in [-0.39, 0.29) is 5.78 Å². The van der Waals surface area contributed by atoms with E-state index in [1.807, 2.05) is 12.1 Å². The van der Waals surface area contributed by atoms with E-state index < -0.39 is 0 Å². The molecule has 0 aliphatic carbocycles. The molecule has 2 aromatic carbocycles. The van der Waals surface area contributed by atoms with Crippen LogP contribution in [0, 0.1) is 0 Å². The van der Waals surface area contributed by atoms with Gasteiger partial charge in [0, 0.05) is 42.3 Å². The standard InChI is InChI=1S/C20H22N2O3/c1-24-19-8-2-16(3-9-19)20(23)10-11-21-17-4-6-18(7-5-17)22-12-14-25-15-13-22/h2-11,21H,12-15H2,1H3/b11-10+. The number of nitrogens with one attached hydrogen (secondary N) is 1. The molecule has 0 unspecified atom stereocenters. The fourth-order valence-electron chi connectivity index (χ4n) is 2.66. The third-order valence-electron chi connectivity index (χ3n) is 4.10. The fraction of sp³-hybridized carbons (Fsp3) is 0.250. The van der Waals surface area contributed by atoms with Crippen molar-refractivity contribution in [2.45, 2.75) is 0 Å². The Kier molecular flexibility index (Phi) is 5.69. The van der Waals surface area contributed by atoms with Crippen LogP contribution in [0.3, 0.4) is 0 Å². The Hall–Kier alpha value is -2.79. The molecular weight excluding hydrogens is 316 g/mol. The van der Waals surface area contributed by atoms with Crippen molar-refractivity contribution < 1.29 is 14.3 Å². The van der Waals surface area contributed by atoms with Crippen molar-refractivity contribution in [3.63, 3.8) is 0 Å². The van der Waals surface area contributed by atoms with Gasteiger partial charge >= 0.3 is 0 Å². The molecule has 130 valence electrons. The SMILES string of the molecule is COc1ccc(C(=O)/C=C/Nc2ccc(N3CCOCC3)cc2)cc1. The monoisotopic (exact) mass is 338 g/mol. The van der Waals surface area contributed by atoms with Crippen LogP contribution < -0.4 is 15.0 Å². The van der Waals surface area contributed by atoms with Crippen LogP contribution in [0.15, 0.2) is 60.8 Å². The molecule has 1 saturated heterocycles. The molecule has 2 aromatic rings. The Bertz CT molecular complexity index is 718. The van der Waals surface area contributed by atoms with Gasteiger partial charge in [-0.15, -0.1) is 0 Å². The molecule has 25 heavy (non-hydrogen) atoms. The number of nitrogens with zero attached hydrogens (tertiary/aromatic N) is 1. The fourth-order valence-corrected chi connectivity index (χ4v) is 2.66. The third-order valence-corrected chi connectivity index (χ3v) is 4.10. The Morgan fingerprint density at radius 1 is 1.08 bits per heavy atom. The molecule has 1 aliphatic heterocycles. The number of hydrogen-bond acceptors (Lipinski definition) is 5. The summed E-state index contributed by atoms with van der Waals surface area (Å²) in [5.41, 5.74) is 2.75. The van der Waals surface area contributed by atoms with E-state index in [2.05, 4.69) is 22.3 Å². The molecule has 1 heterocycles. The van der Waals surface area contributed by atoms with Crippen LogP contribution >= 0.6 is 0 Å². The highest BCUT2D eigenvalue weighted by Crippen LogP contribution is 2.19. The predicted octanol–water partition coefficient (Wildman–Crippen LogP) is 3.34. The quantitative estimate of drug-likeness (QED) is 0.647. The number of anilines is 2. The Morgan fingerprint density at radius 2 is 1.76 bits per heavy atom. The largest absolute Gasteiger partial charge is 0.497 e. The lowest BCUT2D eigenvalue weighted by Gasteiger charge is -2.28. The number of morpholine rings is 1. The van der Waals surface area contributed by atoms with Crippen molar-refractivity contribution >= 4 is 17.2 Å². The number of carbonyl (C=O) groups excluding carboxylic acids is 1. The minimum Gasteiger partial charge on any atom is -0.497 e. The molecule has 1 fully saturated rings. The lowest BCUT2D eigenvalue weighted by molar-refractivity contribution is 0.104. The summed E-state index contributed by atoms with van der Waals surface area (Å²) in [6, 6.07) is 15.2. The van der Waals surface area contributed by atoms with Crippen LogP contribution in [0.4, 0.5) is 11.4 Å². The molecule has 0 aromatic heterocycles. The van der Waals surface area contributed by atoms with E-state index in [0.717, 1.165) is 37.7 Å². The van der Waals surface area contributed by atoms with Crippen molar-refractivity contribution in [2.75, 3.05) is 43.6 Å². The summed E-state index contributed by atoms with van der Waals surface area (Å²) in [5.74, 6) is 0.680. The van der Waals surface area contributed by atoms with Crippen molar-refractivity contribution in [1.82, 2.24) is 0 Å². The summed E-state index contributed by atoms with van der Waals surface area (Å²) in [5, 5.41) is 3.13. The number of ketones is 1. The van der Waals surface area contributed by atoms with Gasteiger partial charge in [0.2, 0.25) is 0 Å². The molecule has 0 saturated carbocycles. The van der Waals surface area contributed by atoms with Crippen LogP contribution in [-0.2, 0) is 4.74 Å². The van der Waals surface area contributed by atoms with Gasteiger partial charge in [-0.05, 0) is 48.5 Å². The van der Waals surface area contributed by atoms with Gasteiger partial charge in [0.1, 0.15) is 5.75 Å². The lowest BCUT2D eigenvalue weighted by Crippen LogP contribution is -2.36. The first-order valence-electron chi connectivity index (χ1n) is 8.30. The number of carbonyl (C=O) groups is 1. The van der Waals surface area contributed by atoms with Crippen LogP contribution in [0.5, 0.6) is 5.75 Å². The first kappa shape index (κ1) is 17.0. The zero-order chi connectivity index (χ0) is 17.5. The summed E-state index contributed by atoms with van der Waals surface area (Å²) in [4.78, 5) is 14.4. The summed E-state index contributed by atoms with van der Waals surface area (Å²) in [7, 11) is 1.60. The van der Waals surface area contributed by atoms with Crippen LogP contribution in [0.25, 0.3) is 0 Å². The molecule has 0 amide bonds. The van der Waals surface area contributed by atoms with Crippen molar-refractivity contribution in [2.24, 2.45) is 0 Å². The summed E-state index contributed by atoms with van der Waals surface area (Å²) < 4.78 is 10.5. The first-order chi connectivity index (χ1) is 12.3. The Morgan fingerprint density at radius 3 is 2.40 bits per heavy atom. The number of ether oxygens (including phenoxy) is 2. The molecule has 1 N–H and O–H groups in total. The Labute approximate surface area is 147 Å². The van der Waals surface area contributed by atoms with Gasteiger partial charge in [-0.1, -0.05) is 0 Å². The van der Waals surface area contributed by atoms with Crippen molar-refractivity contribution in [3.8, 4) is 5.75 Å². The number of methoxy groups -OCH3 is 1. The lowest BCUT2D eigenvalue weighted by atomic mass is 10.1. The second-order valence-corrected chi connectivity index (χ2v) is 5.72. The maximum atomic E-state index is 12.1. The van der Waals surface area contributed by atoms with Crippen molar-refractivity contribution in [1.29, 1.82) is 0 Å². The smallest absolute Gasteiger partial charge is 0.187 e. The summed E-state index contributed by atoms with van der Waals surface area (Å²) in [6.07, 6.45) is 3.19. The number of hydrogen-bond donors (Lipinski definition) is 1. The second-order valence-electron chi connectivity index (χ2n) is 5.72. The van der Waals surface area contributed by atoms with Gasteiger partial charge in [0.05, 0.1) is 20.3 Å². The molecule has 5 heteroatoms. The average Bonchev–Trinajstić information content (AvgIpc) is 2.69. The molecule has 0 atom stereocenters. The number of allylic oxidation sites excluding steroid dienone is 1. The maximum Gasteiger partial charge on any atom is 0.187 e. The van der Waals surface area contributed by atoms with E-state index >= 15 is 0 Å². The van der Waals surface area contributed by atoms with Gasteiger partial charge in [0.15, 0.2) is 5.78 Å². The summed E-state index contributed by atoms with van der Waals surface area (Å²) in [6.45, 7) is 3.39. The van der Waals surface area contributed by atoms with Crippen molar-refractivity contribution in [3.05, 3.63) is 66.4 Å². The zero-order valence-corrected chi connectivity index (χ0v) is 14.3. The van der Waals surface area contributed by atoms with E-state index in [0.29, 0.717) is 5.56 Å². The maximum absolute atomic E-state index is 12.1. The third kappa shape index (κ3) is 4.61. The van der Waals surface area contributed by atoms with E-state index in [1.54, 1.807) is 37.6 Å². The van der Waals surface area contributed by atoms with E-state index in [9.17, 15) is 4.79 Å². The highest BCUT2D eigenvalue weighted by Gasteiger charge is 2.10. The minimum atomic E-state index is -0.0555. The molecule has 5 nitrogen and oxygen atoms in total. The molecule has 0 spiro atoms. The number of benzene rings is 2. The molecule has 0 radical (unpaired) electrons. The van der Waals surface area contributed by atoms with Crippen LogP contribution in [-0.4, -0.2) is 39.2 Å². The molecule has 1 aliphatic rings. The van der Waals surface area contributed by atoms with Crippen LogP contribution in [0.2, 0.25) is 0 Å². The van der Waals surface area contributed by atoms with E-state index in [1.165, 1.54) is 11.8 Å². The Balaban J connectivity index is 1.55. The highest BCUT2D eigenvalue weighted by molar-refractivity contribution is 6.04. The van der Waals surface area contributed by atoms with Gasteiger partial charge in [-0.2, -0.15) is 0 Å². The first-order valence-corrected chi connectivity index (χ1v) is 8.30. The zero-order valence-electron chi connectivity index (χ0n) is 14.3. The highest BCUT2D eigenvalue weighted by atomic mass is 16.5.